The number of aryl methyl sites for hydroxylation is 3. The lowest BCUT2D eigenvalue weighted by atomic mass is 9.88. The van der Waals surface area contributed by atoms with Gasteiger partial charge in [-0.3, -0.25) is 0 Å². The van der Waals surface area contributed by atoms with E-state index < -0.39 is 0 Å². The first-order valence-electron chi connectivity index (χ1n) is 7.51. The molecule has 0 aliphatic carbocycles. The standard InChI is InChI=1S/C19H24BrN/c1-13-8-14(2)18(15(3)9-13)11-16(12-21)10-17-6-4-5-7-19(17)20/h4-9,16H,10-12,21H2,1-3H3. The van der Waals surface area contributed by atoms with Gasteiger partial charge in [0.1, 0.15) is 0 Å². The number of nitrogens with two attached hydrogens (primary N) is 1. The minimum Gasteiger partial charge on any atom is -0.330 e. The molecule has 0 amide bonds. The van der Waals surface area contributed by atoms with E-state index in [1.165, 1.54) is 32.3 Å². The van der Waals surface area contributed by atoms with Gasteiger partial charge in [0.25, 0.3) is 0 Å². The summed E-state index contributed by atoms with van der Waals surface area (Å²) in [6.07, 6.45) is 2.07. The first-order valence-corrected chi connectivity index (χ1v) is 8.30. The molecule has 2 N–H and O–H groups in total. The van der Waals surface area contributed by atoms with Gasteiger partial charge in [0, 0.05) is 4.47 Å². The molecule has 0 aliphatic heterocycles. The summed E-state index contributed by atoms with van der Waals surface area (Å²) in [5.74, 6) is 0.476. The molecule has 2 rings (SSSR count). The summed E-state index contributed by atoms with van der Waals surface area (Å²) in [7, 11) is 0. The number of hydrogen-bond donors (Lipinski definition) is 1. The molecule has 2 aromatic carbocycles. The first kappa shape index (κ1) is 16.3. The quantitative estimate of drug-likeness (QED) is 0.832. The van der Waals surface area contributed by atoms with Crippen LogP contribution in [0, 0.1) is 26.7 Å². The van der Waals surface area contributed by atoms with Gasteiger partial charge in [-0.1, -0.05) is 51.8 Å². The lowest BCUT2D eigenvalue weighted by Crippen LogP contribution is -2.20. The molecule has 0 heterocycles. The Balaban J connectivity index is 2.19. The van der Waals surface area contributed by atoms with Crippen molar-refractivity contribution in [3.05, 3.63) is 68.7 Å². The molecule has 21 heavy (non-hydrogen) atoms. The molecule has 0 saturated carbocycles. The zero-order valence-corrected chi connectivity index (χ0v) is 14.7. The molecule has 2 aromatic rings. The van der Waals surface area contributed by atoms with Crippen molar-refractivity contribution in [3.8, 4) is 0 Å². The van der Waals surface area contributed by atoms with E-state index in [4.69, 9.17) is 5.73 Å². The minimum atomic E-state index is 0.476. The number of halogens is 1. The third-order valence-corrected chi connectivity index (χ3v) is 4.91. The van der Waals surface area contributed by atoms with Crippen LogP contribution in [0.3, 0.4) is 0 Å². The Labute approximate surface area is 136 Å². The average Bonchev–Trinajstić information content (AvgIpc) is 2.43. The van der Waals surface area contributed by atoms with Crippen molar-refractivity contribution in [2.45, 2.75) is 33.6 Å². The Hall–Kier alpha value is -1.12. The highest BCUT2D eigenvalue weighted by molar-refractivity contribution is 9.10. The molecule has 1 nitrogen and oxygen atoms in total. The zero-order chi connectivity index (χ0) is 15.4. The highest BCUT2D eigenvalue weighted by atomic mass is 79.9. The smallest absolute Gasteiger partial charge is 0.0207 e. The van der Waals surface area contributed by atoms with Crippen molar-refractivity contribution in [1.29, 1.82) is 0 Å². The van der Waals surface area contributed by atoms with E-state index in [-0.39, 0.29) is 0 Å². The molecule has 2 heteroatoms. The van der Waals surface area contributed by atoms with Gasteiger partial charge < -0.3 is 5.73 Å². The summed E-state index contributed by atoms with van der Waals surface area (Å²) in [5.41, 5.74) is 12.9. The summed E-state index contributed by atoms with van der Waals surface area (Å²) in [4.78, 5) is 0. The SMILES string of the molecule is Cc1cc(C)c(CC(CN)Cc2ccccc2Br)c(C)c1. The Morgan fingerprint density at radius 3 is 2.19 bits per heavy atom. The predicted molar refractivity (Wildman–Crippen MR) is 94.7 cm³/mol. The van der Waals surface area contributed by atoms with Crippen LogP contribution in [-0.2, 0) is 12.8 Å². The third kappa shape index (κ3) is 4.18. The maximum Gasteiger partial charge on any atom is 0.0207 e. The third-order valence-electron chi connectivity index (χ3n) is 4.13. The normalized spacial score (nSPS) is 12.4. The Bertz CT molecular complexity index is 596. The largest absolute Gasteiger partial charge is 0.330 e. The summed E-state index contributed by atoms with van der Waals surface area (Å²) in [6.45, 7) is 7.29. The molecular formula is C19H24BrN. The number of hydrogen-bond acceptors (Lipinski definition) is 1. The van der Waals surface area contributed by atoms with Gasteiger partial charge >= 0.3 is 0 Å². The van der Waals surface area contributed by atoms with E-state index in [0.717, 1.165) is 12.8 Å². The fourth-order valence-electron chi connectivity index (χ4n) is 3.03. The minimum absolute atomic E-state index is 0.476. The van der Waals surface area contributed by atoms with Crippen LogP contribution >= 0.6 is 15.9 Å². The van der Waals surface area contributed by atoms with Crippen molar-refractivity contribution in [3.63, 3.8) is 0 Å². The van der Waals surface area contributed by atoms with Crippen LogP contribution in [0.5, 0.6) is 0 Å². The van der Waals surface area contributed by atoms with E-state index >= 15 is 0 Å². The van der Waals surface area contributed by atoms with Gasteiger partial charge in [0.2, 0.25) is 0 Å². The predicted octanol–water partition coefficient (Wildman–Crippen LogP) is 4.73. The van der Waals surface area contributed by atoms with Crippen LogP contribution < -0.4 is 5.73 Å². The monoisotopic (exact) mass is 345 g/mol. The second kappa shape index (κ2) is 7.24. The van der Waals surface area contributed by atoms with Gasteiger partial charge in [0.05, 0.1) is 0 Å². The van der Waals surface area contributed by atoms with Gasteiger partial charge in [-0.05, 0) is 74.4 Å². The van der Waals surface area contributed by atoms with Crippen molar-refractivity contribution in [2.24, 2.45) is 11.7 Å². The average molecular weight is 346 g/mol. The van der Waals surface area contributed by atoms with E-state index in [2.05, 4.69) is 73.1 Å². The molecule has 0 spiro atoms. The second-order valence-electron chi connectivity index (χ2n) is 5.98. The maximum absolute atomic E-state index is 6.03. The lowest BCUT2D eigenvalue weighted by Gasteiger charge is -2.19. The van der Waals surface area contributed by atoms with Crippen LogP contribution in [-0.4, -0.2) is 6.54 Å². The summed E-state index contributed by atoms with van der Waals surface area (Å²) in [5, 5.41) is 0. The van der Waals surface area contributed by atoms with E-state index in [1.54, 1.807) is 0 Å². The van der Waals surface area contributed by atoms with Crippen LogP contribution in [0.1, 0.15) is 27.8 Å². The van der Waals surface area contributed by atoms with Crippen molar-refractivity contribution < 1.29 is 0 Å². The summed E-state index contributed by atoms with van der Waals surface area (Å²) in [6, 6.07) is 13.0. The van der Waals surface area contributed by atoms with Crippen molar-refractivity contribution >= 4 is 15.9 Å². The van der Waals surface area contributed by atoms with Crippen molar-refractivity contribution in [1.82, 2.24) is 0 Å². The summed E-state index contributed by atoms with van der Waals surface area (Å²) >= 11 is 3.64. The number of rotatable bonds is 5. The van der Waals surface area contributed by atoms with Gasteiger partial charge in [-0.25, -0.2) is 0 Å². The van der Waals surface area contributed by atoms with E-state index in [0.29, 0.717) is 12.5 Å². The van der Waals surface area contributed by atoms with Crippen LogP contribution in [0.15, 0.2) is 40.9 Å². The number of benzene rings is 2. The van der Waals surface area contributed by atoms with Gasteiger partial charge in [-0.15, -0.1) is 0 Å². The van der Waals surface area contributed by atoms with E-state index in [9.17, 15) is 0 Å². The van der Waals surface area contributed by atoms with Crippen molar-refractivity contribution in [2.75, 3.05) is 6.54 Å². The molecule has 0 radical (unpaired) electrons. The maximum atomic E-state index is 6.03. The fourth-order valence-corrected chi connectivity index (χ4v) is 3.48. The van der Waals surface area contributed by atoms with E-state index in [1.807, 2.05) is 0 Å². The first-order chi connectivity index (χ1) is 10.0. The van der Waals surface area contributed by atoms with Crippen LogP contribution in [0.4, 0.5) is 0 Å². The Kier molecular flexibility index (Phi) is 5.60. The van der Waals surface area contributed by atoms with Crippen LogP contribution in [0.25, 0.3) is 0 Å². The molecular weight excluding hydrogens is 322 g/mol. The van der Waals surface area contributed by atoms with Gasteiger partial charge in [-0.2, -0.15) is 0 Å². The molecule has 0 aromatic heterocycles. The molecule has 0 aliphatic rings. The lowest BCUT2D eigenvalue weighted by molar-refractivity contribution is 0.530. The highest BCUT2D eigenvalue weighted by Crippen LogP contribution is 2.24. The second-order valence-corrected chi connectivity index (χ2v) is 6.83. The Morgan fingerprint density at radius 1 is 1.00 bits per heavy atom. The highest BCUT2D eigenvalue weighted by Gasteiger charge is 2.14. The topological polar surface area (TPSA) is 26.0 Å². The van der Waals surface area contributed by atoms with Gasteiger partial charge in [0.15, 0.2) is 0 Å². The molecule has 0 fully saturated rings. The fraction of sp³-hybridized carbons (Fsp3) is 0.368. The summed E-state index contributed by atoms with van der Waals surface area (Å²) < 4.78 is 1.18. The molecule has 112 valence electrons. The molecule has 0 bridgehead atoms. The zero-order valence-electron chi connectivity index (χ0n) is 13.1. The molecule has 1 unspecified atom stereocenters. The Morgan fingerprint density at radius 2 is 1.62 bits per heavy atom. The van der Waals surface area contributed by atoms with Crippen LogP contribution in [0.2, 0.25) is 0 Å². The molecule has 0 saturated heterocycles. The molecule has 1 atom stereocenters.